The second-order valence-corrected chi connectivity index (χ2v) is 4.76. The lowest BCUT2D eigenvalue weighted by atomic mass is 10.1. The number of nitrogens with zero attached hydrogens (tertiary/aromatic N) is 2. The van der Waals surface area contributed by atoms with E-state index in [2.05, 4.69) is 24.1 Å². The van der Waals surface area contributed by atoms with Crippen molar-refractivity contribution in [3.8, 4) is 0 Å². The van der Waals surface area contributed by atoms with Gasteiger partial charge in [0.1, 0.15) is 0 Å². The topological polar surface area (TPSA) is 35.6 Å². The first kappa shape index (κ1) is 10.7. The normalized spacial score (nSPS) is 27.9. The number of rotatable bonds is 2. The molecule has 86 valence electrons. The van der Waals surface area contributed by atoms with E-state index in [0.29, 0.717) is 12.1 Å². The van der Waals surface area contributed by atoms with Gasteiger partial charge in [-0.1, -0.05) is 0 Å². The number of carbonyl (C=O) groups excluding carboxylic acids is 1. The van der Waals surface area contributed by atoms with Gasteiger partial charge in [0.25, 0.3) is 0 Å². The van der Waals surface area contributed by atoms with Crippen LogP contribution in [0.15, 0.2) is 0 Å². The van der Waals surface area contributed by atoms with Crippen LogP contribution in [0.3, 0.4) is 0 Å². The Kier molecular flexibility index (Phi) is 3.14. The highest BCUT2D eigenvalue weighted by molar-refractivity contribution is 5.76. The molecule has 2 heterocycles. The van der Waals surface area contributed by atoms with Crippen LogP contribution in [0.5, 0.6) is 0 Å². The molecule has 4 heteroatoms. The first-order chi connectivity index (χ1) is 7.20. The van der Waals surface area contributed by atoms with Crippen LogP contribution in [0.25, 0.3) is 0 Å². The van der Waals surface area contributed by atoms with E-state index in [0.717, 1.165) is 39.0 Å². The minimum absolute atomic E-state index is 0.241. The summed E-state index contributed by atoms with van der Waals surface area (Å²) in [6.07, 6.45) is 2.22. The smallest absolute Gasteiger partial charge is 0.320 e. The van der Waals surface area contributed by atoms with Gasteiger partial charge in [-0.25, -0.2) is 4.79 Å². The van der Waals surface area contributed by atoms with E-state index in [4.69, 9.17) is 0 Å². The fraction of sp³-hybridized carbons (Fsp3) is 0.909. The van der Waals surface area contributed by atoms with Crippen LogP contribution in [-0.2, 0) is 0 Å². The molecule has 2 aliphatic heterocycles. The molecule has 2 aliphatic rings. The maximum absolute atomic E-state index is 12.2. The van der Waals surface area contributed by atoms with Crippen LogP contribution in [0, 0.1) is 0 Å². The first-order valence-corrected chi connectivity index (χ1v) is 5.98. The summed E-state index contributed by atoms with van der Waals surface area (Å²) in [7, 11) is 0. The summed E-state index contributed by atoms with van der Waals surface area (Å²) in [5.74, 6) is 0. The van der Waals surface area contributed by atoms with Gasteiger partial charge in [0, 0.05) is 31.7 Å². The van der Waals surface area contributed by atoms with Crippen LogP contribution < -0.4 is 5.32 Å². The van der Waals surface area contributed by atoms with Gasteiger partial charge >= 0.3 is 6.03 Å². The first-order valence-electron chi connectivity index (χ1n) is 5.98. The van der Waals surface area contributed by atoms with Gasteiger partial charge in [-0.3, -0.25) is 0 Å². The molecule has 0 aliphatic carbocycles. The molecule has 0 radical (unpaired) electrons. The molecule has 2 saturated heterocycles. The van der Waals surface area contributed by atoms with Crippen LogP contribution in [-0.4, -0.2) is 54.1 Å². The monoisotopic (exact) mass is 211 g/mol. The maximum Gasteiger partial charge on any atom is 0.320 e. The highest BCUT2D eigenvalue weighted by Crippen LogP contribution is 2.18. The second-order valence-electron chi connectivity index (χ2n) is 4.76. The zero-order valence-electron chi connectivity index (χ0n) is 9.70. The third-order valence-corrected chi connectivity index (χ3v) is 3.39. The van der Waals surface area contributed by atoms with Gasteiger partial charge < -0.3 is 15.1 Å². The van der Waals surface area contributed by atoms with Gasteiger partial charge in [0.05, 0.1) is 0 Å². The van der Waals surface area contributed by atoms with Crippen molar-refractivity contribution in [2.45, 2.75) is 38.8 Å². The molecule has 1 atom stereocenters. The molecule has 2 amide bonds. The van der Waals surface area contributed by atoms with E-state index in [1.54, 1.807) is 0 Å². The average Bonchev–Trinajstić information content (AvgIpc) is 2.70. The van der Waals surface area contributed by atoms with Crippen LogP contribution in [0.1, 0.15) is 26.7 Å². The van der Waals surface area contributed by atoms with Crippen LogP contribution in [0.4, 0.5) is 4.79 Å². The van der Waals surface area contributed by atoms with Crippen molar-refractivity contribution in [2.24, 2.45) is 0 Å². The Morgan fingerprint density at radius 3 is 2.80 bits per heavy atom. The molecule has 4 nitrogen and oxygen atoms in total. The number of hydrogen-bond donors (Lipinski definition) is 1. The average molecular weight is 211 g/mol. The minimum Gasteiger partial charge on any atom is -0.322 e. The van der Waals surface area contributed by atoms with Crippen molar-refractivity contribution in [1.82, 2.24) is 15.1 Å². The highest BCUT2D eigenvalue weighted by atomic mass is 16.2. The highest BCUT2D eigenvalue weighted by Gasteiger charge is 2.33. The van der Waals surface area contributed by atoms with E-state index in [1.807, 2.05) is 4.90 Å². The lowest BCUT2D eigenvalue weighted by molar-refractivity contribution is 0.0992. The standard InChI is InChI=1S/C11H21N3O/c1-9(2)13-6-3-7-14(11(13)15)10-4-5-12-8-10/h9-10,12H,3-8H2,1-2H3/t10-/m1/s1. The summed E-state index contributed by atoms with van der Waals surface area (Å²) in [6, 6.07) is 0.999. The van der Waals surface area contributed by atoms with Crippen molar-refractivity contribution in [3.63, 3.8) is 0 Å². The van der Waals surface area contributed by atoms with Crippen molar-refractivity contribution in [3.05, 3.63) is 0 Å². The quantitative estimate of drug-likeness (QED) is 0.736. The van der Waals surface area contributed by atoms with Gasteiger partial charge in [-0.05, 0) is 33.2 Å². The Morgan fingerprint density at radius 2 is 2.20 bits per heavy atom. The molecule has 0 aromatic carbocycles. The van der Waals surface area contributed by atoms with Gasteiger partial charge in [-0.2, -0.15) is 0 Å². The van der Waals surface area contributed by atoms with E-state index in [9.17, 15) is 4.79 Å². The molecule has 0 bridgehead atoms. The number of urea groups is 1. The van der Waals surface area contributed by atoms with Crippen molar-refractivity contribution in [2.75, 3.05) is 26.2 Å². The largest absolute Gasteiger partial charge is 0.322 e. The van der Waals surface area contributed by atoms with Crippen molar-refractivity contribution < 1.29 is 4.79 Å². The molecule has 2 rings (SSSR count). The third kappa shape index (κ3) is 2.09. The van der Waals surface area contributed by atoms with Gasteiger partial charge in [0.15, 0.2) is 0 Å². The number of hydrogen-bond acceptors (Lipinski definition) is 2. The van der Waals surface area contributed by atoms with Crippen LogP contribution in [0.2, 0.25) is 0 Å². The molecule has 0 saturated carbocycles. The van der Waals surface area contributed by atoms with Crippen molar-refractivity contribution in [1.29, 1.82) is 0 Å². The van der Waals surface area contributed by atoms with E-state index >= 15 is 0 Å². The molecule has 15 heavy (non-hydrogen) atoms. The van der Waals surface area contributed by atoms with E-state index in [-0.39, 0.29) is 6.03 Å². The maximum atomic E-state index is 12.2. The summed E-state index contributed by atoms with van der Waals surface area (Å²) in [6.45, 7) is 8.07. The molecule has 1 N–H and O–H groups in total. The summed E-state index contributed by atoms with van der Waals surface area (Å²) in [4.78, 5) is 16.2. The number of amides is 2. The Hall–Kier alpha value is -0.770. The van der Waals surface area contributed by atoms with Crippen molar-refractivity contribution >= 4 is 6.03 Å². The predicted octanol–water partition coefficient (Wildman–Crippen LogP) is 0.884. The fourth-order valence-corrected chi connectivity index (χ4v) is 2.49. The van der Waals surface area contributed by atoms with E-state index in [1.165, 1.54) is 0 Å². The Morgan fingerprint density at radius 1 is 1.40 bits per heavy atom. The van der Waals surface area contributed by atoms with E-state index < -0.39 is 0 Å². The third-order valence-electron chi connectivity index (χ3n) is 3.39. The Bertz CT molecular complexity index is 236. The summed E-state index contributed by atoms with van der Waals surface area (Å²) >= 11 is 0. The van der Waals surface area contributed by atoms with Gasteiger partial charge in [-0.15, -0.1) is 0 Å². The molecule has 0 aromatic rings. The summed E-state index contributed by atoms with van der Waals surface area (Å²) in [5, 5.41) is 3.32. The lowest BCUT2D eigenvalue weighted by Crippen LogP contribution is -2.55. The summed E-state index contributed by atoms with van der Waals surface area (Å²) < 4.78 is 0. The molecule has 0 aromatic heterocycles. The zero-order chi connectivity index (χ0) is 10.8. The van der Waals surface area contributed by atoms with Crippen LogP contribution >= 0.6 is 0 Å². The molecule has 2 fully saturated rings. The molecular formula is C11H21N3O. The minimum atomic E-state index is 0.241. The summed E-state index contributed by atoms with van der Waals surface area (Å²) in [5.41, 5.74) is 0. The Balaban J connectivity index is 2.02. The molecular weight excluding hydrogens is 190 g/mol. The SMILES string of the molecule is CC(C)N1CCCN([C@@H]2CCNC2)C1=O. The lowest BCUT2D eigenvalue weighted by Gasteiger charge is -2.40. The number of nitrogens with one attached hydrogen (secondary N) is 1. The zero-order valence-corrected chi connectivity index (χ0v) is 9.70. The fourth-order valence-electron chi connectivity index (χ4n) is 2.49. The second kappa shape index (κ2) is 4.39. The molecule has 0 spiro atoms. The van der Waals surface area contributed by atoms with Gasteiger partial charge in [0.2, 0.25) is 0 Å². The predicted molar refractivity (Wildman–Crippen MR) is 59.8 cm³/mol. The number of carbonyl (C=O) groups is 1. The Labute approximate surface area is 91.6 Å². The molecule has 0 unspecified atom stereocenters.